The molecule has 14 heteroatoms. The molecule has 1 N–H and O–H groups in total. The summed E-state index contributed by atoms with van der Waals surface area (Å²) >= 11 is 0. The average molecular weight is 1170 g/mol. The van der Waals surface area contributed by atoms with Crippen LogP contribution in [0.4, 0.5) is 0 Å². The van der Waals surface area contributed by atoms with Gasteiger partial charge in [0.15, 0.2) is 33.0 Å². The van der Waals surface area contributed by atoms with E-state index in [0.29, 0.717) is 68.3 Å². The van der Waals surface area contributed by atoms with Gasteiger partial charge in [-0.2, -0.15) is 0 Å². The lowest BCUT2D eigenvalue weighted by molar-refractivity contribution is -0.133. The van der Waals surface area contributed by atoms with Gasteiger partial charge in [0.05, 0.1) is 5.25 Å². The first kappa shape index (κ1) is 95.9. The minimum Gasteiger partial charge on any atom is -0.385 e. The molecular weight excluding hydrogens is 1040 g/mol. The summed E-state index contributed by atoms with van der Waals surface area (Å²) in [4.78, 5) is 108. The molecule has 0 bridgehead atoms. The fourth-order valence-electron chi connectivity index (χ4n) is 4.57. The van der Waals surface area contributed by atoms with E-state index in [-0.39, 0.29) is 99.7 Å². The van der Waals surface area contributed by atoms with Crippen LogP contribution in [-0.4, -0.2) is 88.5 Å². The van der Waals surface area contributed by atoms with E-state index in [2.05, 4.69) is 46.5 Å². The predicted molar refractivity (Wildman–Crippen MR) is 341 cm³/mol. The van der Waals surface area contributed by atoms with E-state index in [1.807, 2.05) is 110 Å². The Morgan fingerprint density at radius 1 is 0.444 bits per heavy atom. The summed E-state index contributed by atoms with van der Waals surface area (Å²) in [5.41, 5.74) is 0. The minimum absolute atomic E-state index is 0.000926. The van der Waals surface area contributed by atoms with Gasteiger partial charge < -0.3 is 5.11 Å². The third-order valence-corrected chi connectivity index (χ3v) is 13.0. The van der Waals surface area contributed by atoms with Crippen molar-refractivity contribution in [1.82, 2.24) is 0 Å². The maximum absolute atomic E-state index is 11.1. The molecule has 0 fully saturated rings. The topological polar surface area (TPSA) is 225 Å². The van der Waals surface area contributed by atoms with Crippen LogP contribution in [0, 0.1) is 59.2 Å². The SMILES string of the molecule is CCC(=O)/C=C/C(=O)C(C)C.CCC(=O)/C=C/C(C)C.CCC(=O)C#CC(C)C.CCC(=O)C(C)C.CCC(=O)C(O)CC(=O)C(C)C.CCC(=O)CCC(=O)C(C)C.CCCC(=O)C(C)C.CCCC(C)C.CCS(=O)(=O)C(C)C. The maximum atomic E-state index is 11.1. The summed E-state index contributed by atoms with van der Waals surface area (Å²) in [6.45, 7) is 51.3. The van der Waals surface area contributed by atoms with E-state index in [1.165, 1.54) is 25.0 Å². The number of hydrogen-bond acceptors (Lipinski definition) is 13. The van der Waals surface area contributed by atoms with Crippen LogP contribution >= 0.6 is 0 Å². The summed E-state index contributed by atoms with van der Waals surface area (Å²) in [7, 11) is -2.74. The number of rotatable bonds is 27. The maximum Gasteiger partial charge on any atom is 0.205 e. The Morgan fingerprint density at radius 3 is 1.10 bits per heavy atom. The summed E-state index contributed by atoms with van der Waals surface area (Å²) in [5.74, 6) is 8.71. The highest BCUT2D eigenvalue weighted by Gasteiger charge is 2.19. The molecule has 0 aliphatic carbocycles. The largest absolute Gasteiger partial charge is 0.385 e. The van der Waals surface area contributed by atoms with Gasteiger partial charge in [-0.05, 0) is 56.3 Å². The molecule has 0 saturated carbocycles. The van der Waals surface area contributed by atoms with Crippen molar-refractivity contribution in [2.24, 2.45) is 47.3 Å². The normalized spacial score (nSPS) is 10.8. The number of carbonyl (C=O) groups is 10. The number of hydrogen-bond donors (Lipinski definition) is 1. The molecule has 0 aliphatic rings. The fourth-order valence-corrected chi connectivity index (χ4v) is 5.24. The average Bonchev–Trinajstić information content (AvgIpc) is 3.40. The third-order valence-electron chi connectivity index (χ3n) is 10.8. The van der Waals surface area contributed by atoms with Crippen molar-refractivity contribution >= 4 is 67.7 Å². The second-order valence-electron chi connectivity index (χ2n) is 22.0. The first-order chi connectivity index (χ1) is 37.1. The van der Waals surface area contributed by atoms with Gasteiger partial charge in [-0.1, -0.05) is 198 Å². The van der Waals surface area contributed by atoms with Crippen LogP contribution < -0.4 is 0 Å². The number of allylic oxidation sites excluding steroid dienone is 4. The second kappa shape index (κ2) is 63.2. The molecular formula is C67H124O13S. The highest BCUT2D eigenvalue weighted by atomic mass is 32.2. The van der Waals surface area contributed by atoms with Gasteiger partial charge in [-0.25, -0.2) is 8.42 Å². The molecule has 0 spiro atoms. The molecule has 0 radical (unpaired) electrons. The molecule has 0 rings (SSSR count). The first-order valence-electron chi connectivity index (χ1n) is 30.2. The molecule has 0 aromatic rings. The van der Waals surface area contributed by atoms with E-state index < -0.39 is 15.9 Å². The molecule has 1 atom stereocenters. The lowest BCUT2D eigenvalue weighted by Crippen LogP contribution is -2.24. The Hall–Kier alpha value is -4.35. The van der Waals surface area contributed by atoms with Crippen LogP contribution in [0.25, 0.3) is 0 Å². The minimum atomic E-state index is -2.74. The summed E-state index contributed by atoms with van der Waals surface area (Å²) in [6, 6.07) is 0. The summed E-state index contributed by atoms with van der Waals surface area (Å²) < 4.78 is 21.4. The van der Waals surface area contributed by atoms with Crippen LogP contribution in [0.2, 0.25) is 0 Å². The van der Waals surface area contributed by atoms with E-state index in [0.717, 1.165) is 18.8 Å². The monoisotopic (exact) mass is 1170 g/mol. The van der Waals surface area contributed by atoms with Gasteiger partial charge in [0.1, 0.15) is 35.0 Å². The molecule has 0 amide bonds. The van der Waals surface area contributed by atoms with Crippen LogP contribution in [-0.2, 0) is 57.8 Å². The summed E-state index contributed by atoms with van der Waals surface area (Å²) in [5, 5.41) is 8.95. The van der Waals surface area contributed by atoms with Crippen molar-refractivity contribution in [3.05, 3.63) is 24.3 Å². The van der Waals surface area contributed by atoms with E-state index >= 15 is 0 Å². The second-order valence-corrected chi connectivity index (χ2v) is 24.9. The molecule has 476 valence electrons. The standard InChI is InChI=1S/C9H16O3.C9H16O2.C9H14O2.C8H14O.C8H12O.C7H14O.C6H12O.C6H14.C5H12O2S/c1-4-7(10)9(12)5-8(11)6(2)3;2*1-4-8(10)5-6-9(11)7(2)3;2*1-4-8(9)6-5-7(2)3;1-4-5-7(8)6(2)3;1-4-6(7)5(2)3;1-4-5-6(2)3;1-4-8(6,7)5(2)3/h6,9,12H,4-5H2,1-3H3;7H,4-6H2,1-3H3;5-7H,4H2,1-3H3;5-7H,4H2,1-3H3;7H,4H2,1-3H3;6H,4-5H2,1-3H3;5H,4H2,1-3H3;6H,4-5H2,1-3H3;5H,4H2,1-3H3/b;;2*6-5+;;;;;. The lowest BCUT2D eigenvalue weighted by atomic mass is 10.0. The molecule has 0 saturated heterocycles. The summed E-state index contributed by atoms with van der Waals surface area (Å²) in [6.07, 6.45) is 13.6. The number of carbonyl (C=O) groups excluding carboxylic acids is 10. The number of ketones is 10. The van der Waals surface area contributed by atoms with Gasteiger partial charge in [0, 0.05) is 105 Å². The molecule has 0 aromatic carbocycles. The zero-order valence-corrected chi connectivity index (χ0v) is 57.6. The smallest absolute Gasteiger partial charge is 0.205 e. The molecule has 1 unspecified atom stereocenters. The van der Waals surface area contributed by atoms with Crippen molar-refractivity contribution in [3.63, 3.8) is 0 Å². The van der Waals surface area contributed by atoms with Crippen molar-refractivity contribution in [1.29, 1.82) is 0 Å². The van der Waals surface area contributed by atoms with Gasteiger partial charge in [-0.3, -0.25) is 47.9 Å². The van der Waals surface area contributed by atoms with E-state index in [1.54, 1.807) is 54.5 Å². The molecule has 0 aromatic heterocycles. The van der Waals surface area contributed by atoms with Crippen molar-refractivity contribution in [2.75, 3.05) is 5.75 Å². The van der Waals surface area contributed by atoms with Crippen LogP contribution in [0.3, 0.4) is 0 Å². The van der Waals surface area contributed by atoms with Gasteiger partial charge in [-0.15, -0.1) is 0 Å². The Bertz CT molecular complexity index is 1910. The van der Waals surface area contributed by atoms with Crippen molar-refractivity contribution in [3.8, 4) is 11.8 Å². The number of Topliss-reactive ketones (excluding diaryl/α,β-unsaturated/α-hetero) is 7. The fraction of sp³-hybridized carbons (Fsp3) is 0.761. The van der Waals surface area contributed by atoms with Crippen molar-refractivity contribution in [2.45, 2.75) is 282 Å². The highest BCUT2D eigenvalue weighted by molar-refractivity contribution is 7.91. The van der Waals surface area contributed by atoms with Gasteiger partial charge >= 0.3 is 0 Å². The molecule has 13 nitrogen and oxygen atoms in total. The number of aliphatic hydroxyl groups excluding tert-OH is 1. The molecule has 0 heterocycles. The van der Waals surface area contributed by atoms with E-state index in [9.17, 15) is 56.4 Å². The van der Waals surface area contributed by atoms with Crippen LogP contribution in [0.5, 0.6) is 0 Å². The molecule has 81 heavy (non-hydrogen) atoms. The number of aliphatic hydroxyl groups is 1. The Labute approximate surface area is 498 Å². The van der Waals surface area contributed by atoms with Gasteiger partial charge in [0.2, 0.25) is 5.78 Å². The van der Waals surface area contributed by atoms with Crippen molar-refractivity contribution < 1.29 is 61.5 Å². The zero-order chi connectivity index (χ0) is 66.2. The Morgan fingerprint density at radius 2 is 0.864 bits per heavy atom. The zero-order valence-electron chi connectivity index (χ0n) is 56.7. The van der Waals surface area contributed by atoms with E-state index in [4.69, 9.17) is 5.11 Å². The molecule has 0 aliphatic heterocycles. The third kappa shape index (κ3) is 82.2. The first-order valence-corrected chi connectivity index (χ1v) is 31.9. The Balaban J connectivity index is -0.000000104. The quantitative estimate of drug-likeness (QED) is 0.0459. The van der Waals surface area contributed by atoms with Gasteiger partial charge in [0.25, 0.3) is 0 Å². The van der Waals surface area contributed by atoms with Crippen LogP contribution in [0.15, 0.2) is 24.3 Å². The Kier molecular flexibility index (Phi) is 74.8. The predicted octanol–water partition coefficient (Wildman–Crippen LogP) is 15.4. The number of sulfone groups is 1. The lowest BCUT2D eigenvalue weighted by Gasteiger charge is -2.08. The highest BCUT2D eigenvalue weighted by Crippen LogP contribution is 2.06. The van der Waals surface area contributed by atoms with Crippen LogP contribution in [0.1, 0.15) is 270 Å².